The highest BCUT2D eigenvalue weighted by Crippen LogP contribution is 2.35. The second-order valence-electron chi connectivity index (χ2n) is 7.31. The van der Waals surface area contributed by atoms with Crippen molar-refractivity contribution in [2.75, 3.05) is 0 Å². The molecule has 0 aliphatic heterocycles. The molecular weight excluding hydrogens is 358 g/mol. The van der Waals surface area contributed by atoms with Crippen molar-refractivity contribution >= 4 is 37.7 Å². The number of nitrogens with zero attached hydrogens (tertiary/aromatic N) is 1. The topological polar surface area (TPSA) is 4.93 Å². The standard InChI is InChI=1S/C22H20BrN/c1-22(2,3)15-8-13-19-18-6-4-5-7-20(18)24(21(19)14-15)17-11-9-16(23)10-12-17/h4-14H,1-3H3. The molecule has 0 unspecified atom stereocenters. The van der Waals surface area contributed by atoms with E-state index in [1.807, 2.05) is 0 Å². The molecule has 4 rings (SSSR count). The Kier molecular flexibility index (Phi) is 3.54. The van der Waals surface area contributed by atoms with Crippen LogP contribution in [0.5, 0.6) is 0 Å². The van der Waals surface area contributed by atoms with Crippen molar-refractivity contribution in [1.29, 1.82) is 0 Å². The third-order valence-electron chi connectivity index (χ3n) is 4.62. The molecule has 0 aliphatic rings. The second kappa shape index (κ2) is 5.49. The van der Waals surface area contributed by atoms with E-state index < -0.39 is 0 Å². The quantitative estimate of drug-likeness (QED) is 0.342. The molecule has 1 heterocycles. The number of hydrogen-bond acceptors (Lipinski definition) is 0. The summed E-state index contributed by atoms with van der Waals surface area (Å²) in [4.78, 5) is 0. The molecule has 3 aromatic carbocycles. The summed E-state index contributed by atoms with van der Waals surface area (Å²) in [6, 6.07) is 24.1. The van der Waals surface area contributed by atoms with Crippen LogP contribution in [-0.4, -0.2) is 4.57 Å². The molecule has 4 aromatic rings. The molecule has 0 N–H and O–H groups in total. The Hall–Kier alpha value is -2.06. The van der Waals surface area contributed by atoms with Gasteiger partial charge in [-0.1, -0.05) is 67.0 Å². The summed E-state index contributed by atoms with van der Waals surface area (Å²) >= 11 is 3.54. The van der Waals surface area contributed by atoms with Crippen molar-refractivity contribution in [2.24, 2.45) is 0 Å². The van der Waals surface area contributed by atoms with E-state index in [1.165, 1.54) is 33.1 Å². The molecule has 0 saturated heterocycles. The molecular formula is C22H20BrN. The van der Waals surface area contributed by atoms with Crippen molar-refractivity contribution in [3.63, 3.8) is 0 Å². The first-order valence-electron chi connectivity index (χ1n) is 8.25. The zero-order valence-electron chi connectivity index (χ0n) is 14.2. The van der Waals surface area contributed by atoms with Gasteiger partial charge in [0.05, 0.1) is 11.0 Å². The Labute approximate surface area is 151 Å². The minimum absolute atomic E-state index is 0.134. The summed E-state index contributed by atoms with van der Waals surface area (Å²) in [5.74, 6) is 0. The van der Waals surface area contributed by atoms with Crippen LogP contribution in [0.25, 0.3) is 27.5 Å². The van der Waals surface area contributed by atoms with Crippen molar-refractivity contribution in [3.05, 3.63) is 76.8 Å². The summed E-state index contributed by atoms with van der Waals surface area (Å²) in [6.45, 7) is 6.79. The first kappa shape index (κ1) is 15.5. The van der Waals surface area contributed by atoms with E-state index in [0.717, 1.165) is 4.47 Å². The molecule has 120 valence electrons. The maximum Gasteiger partial charge on any atom is 0.0544 e. The first-order chi connectivity index (χ1) is 11.4. The van der Waals surface area contributed by atoms with Crippen LogP contribution in [0.2, 0.25) is 0 Å². The third-order valence-corrected chi connectivity index (χ3v) is 5.15. The minimum atomic E-state index is 0.134. The van der Waals surface area contributed by atoms with Gasteiger partial charge < -0.3 is 4.57 Å². The number of aromatic nitrogens is 1. The Morgan fingerprint density at radius 3 is 2.12 bits per heavy atom. The molecule has 24 heavy (non-hydrogen) atoms. The van der Waals surface area contributed by atoms with Crippen LogP contribution in [0.1, 0.15) is 26.3 Å². The molecule has 0 radical (unpaired) electrons. The van der Waals surface area contributed by atoms with E-state index in [2.05, 4.69) is 108 Å². The molecule has 1 aromatic heterocycles. The van der Waals surface area contributed by atoms with Crippen molar-refractivity contribution < 1.29 is 0 Å². The van der Waals surface area contributed by atoms with Crippen LogP contribution in [0.15, 0.2) is 71.2 Å². The lowest BCUT2D eigenvalue weighted by molar-refractivity contribution is 0.591. The summed E-state index contributed by atoms with van der Waals surface area (Å²) in [6.07, 6.45) is 0. The highest BCUT2D eigenvalue weighted by atomic mass is 79.9. The van der Waals surface area contributed by atoms with Gasteiger partial charge in [0, 0.05) is 20.9 Å². The molecule has 0 aliphatic carbocycles. The van der Waals surface area contributed by atoms with Gasteiger partial charge in [-0.05, 0) is 47.4 Å². The van der Waals surface area contributed by atoms with Crippen molar-refractivity contribution in [3.8, 4) is 5.69 Å². The second-order valence-corrected chi connectivity index (χ2v) is 8.23. The van der Waals surface area contributed by atoms with Crippen LogP contribution in [-0.2, 0) is 5.41 Å². The van der Waals surface area contributed by atoms with Gasteiger partial charge in [0.2, 0.25) is 0 Å². The van der Waals surface area contributed by atoms with Gasteiger partial charge in [-0.2, -0.15) is 0 Å². The molecule has 0 fully saturated rings. The maximum absolute atomic E-state index is 3.54. The zero-order chi connectivity index (χ0) is 16.9. The molecule has 2 heteroatoms. The lowest BCUT2D eigenvalue weighted by Crippen LogP contribution is -2.10. The number of rotatable bonds is 1. The largest absolute Gasteiger partial charge is 0.309 e. The van der Waals surface area contributed by atoms with Crippen molar-refractivity contribution in [2.45, 2.75) is 26.2 Å². The predicted molar refractivity (Wildman–Crippen MR) is 107 cm³/mol. The highest BCUT2D eigenvalue weighted by Gasteiger charge is 2.17. The smallest absolute Gasteiger partial charge is 0.0544 e. The monoisotopic (exact) mass is 377 g/mol. The first-order valence-corrected chi connectivity index (χ1v) is 9.04. The summed E-state index contributed by atoms with van der Waals surface area (Å²) in [5, 5.41) is 2.61. The normalized spacial score (nSPS) is 12.2. The summed E-state index contributed by atoms with van der Waals surface area (Å²) in [5.41, 5.74) is 5.20. The Balaban J connectivity index is 2.12. The van der Waals surface area contributed by atoms with E-state index in [0.29, 0.717) is 0 Å². The zero-order valence-corrected chi connectivity index (χ0v) is 15.8. The molecule has 0 spiro atoms. The third kappa shape index (κ3) is 2.46. The SMILES string of the molecule is CC(C)(C)c1ccc2c3ccccc3n(-c3ccc(Br)cc3)c2c1. The average molecular weight is 378 g/mol. The van der Waals surface area contributed by atoms with Gasteiger partial charge >= 0.3 is 0 Å². The van der Waals surface area contributed by atoms with Gasteiger partial charge in [-0.25, -0.2) is 0 Å². The lowest BCUT2D eigenvalue weighted by atomic mass is 9.86. The van der Waals surface area contributed by atoms with Gasteiger partial charge in [0.25, 0.3) is 0 Å². The van der Waals surface area contributed by atoms with Crippen LogP contribution in [0.4, 0.5) is 0 Å². The van der Waals surface area contributed by atoms with E-state index >= 15 is 0 Å². The Morgan fingerprint density at radius 2 is 1.42 bits per heavy atom. The lowest BCUT2D eigenvalue weighted by Gasteiger charge is -2.19. The highest BCUT2D eigenvalue weighted by molar-refractivity contribution is 9.10. The van der Waals surface area contributed by atoms with E-state index in [-0.39, 0.29) is 5.41 Å². The van der Waals surface area contributed by atoms with E-state index in [9.17, 15) is 0 Å². The van der Waals surface area contributed by atoms with Crippen LogP contribution in [0.3, 0.4) is 0 Å². The number of halogens is 1. The number of para-hydroxylation sites is 1. The fourth-order valence-electron chi connectivity index (χ4n) is 3.31. The predicted octanol–water partition coefficient (Wildman–Crippen LogP) is 6.84. The number of benzene rings is 3. The van der Waals surface area contributed by atoms with Crippen molar-refractivity contribution in [1.82, 2.24) is 4.57 Å². The maximum atomic E-state index is 3.54. The molecule has 0 amide bonds. The van der Waals surface area contributed by atoms with E-state index in [1.54, 1.807) is 0 Å². The number of hydrogen-bond donors (Lipinski definition) is 0. The summed E-state index contributed by atoms with van der Waals surface area (Å²) in [7, 11) is 0. The summed E-state index contributed by atoms with van der Waals surface area (Å²) < 4.78 is 3.47. The molecule has 1 nitrogen and oxygen atoms in total. The fraction of sp³-hybridized carbons (Fsp3) is 0.182. The van der Waals surface area contributed by atoms with Gasteiger partial charge in [-0.3, -0.25) is 0 Å². The molecule has 0 bridgehead atoms. The van der Waals surface area contributed by atoms with Crippen LogP contribution >= 0.6 is 15.9 Å². The van der Waals surface area contributed by atoms with Crippen LogP contribution in [0, 0.1) is 0 Å². The van der Waals surface area contributed by atoms with Gasteiger partial charge in [0.1, 0.15) is 0 Å². The average Bonchev–Trinajstić information content (AvgIpc) is 2.89. The Bertz CT molecular complexity index is 1030. The Morgan fingerprint density at radius 1 is 0.750 bits per heavy atom. The van der Waals surface area contributed by atoms with Gasteiger partial charge in [-0.15, -0.1) is 0 Å². The van der Waals surface area contributed by atoms with E-state index in [4.69, 9.17) is 0 Å². The van der Waals surface area contributed by atoms with Gasteiger partial charge in [0.15, 0.2) is 0 Å². The molecule has 0 atom stereocenters. The minimum Gasteiger partial charge on any atom is -0.309 e. The fourth-order valence-corrected chi connectivity index (χ4v) is 3.57. The molecule has 0 saturated carbocycles. The van der Waals surface area contributed by atoms with Crippen LogP contribution < -0.4 is 0 Å². The number of fused-ring (bicyclic) bond motifs is 3.